The molecule has 0 aliphatic carbocycles. The molecule has 3 aromatic carbocycles. The Kier molecular flexibility index (Phi) is 9.26. The Labute approximate surface area is 218 Å². The Morgan fingerprint density at radius 3 is 2.22 bits per heavy atom. The number of sulfonamides is 1. The van der Waals surface area contributed by atoms with E-state index in [-0.39, 0.29) is 18.5 Å². The molecule has 0 radical (unpaired) electrons. The number of rotatable bonds is 11. The number of fused-ring (bicyclic) bond motifs is 1. The number of carbonyl (C=O) groups excluding carboxylic acids is 2. The molecule has 2 amide bonds. The van der Waals surface area contributed by atoms with Crippen molar-refractivity contribution in [2.24, 2.45) is 0 Å². The normalized spacial score (nSPS) is 13.1. The van der Waals surface area contributed by atoms with E-state index < -0.39 is 34.3 Å². The minimum absolute atomic E-state index is 0.0265. The zero-order chi connectivity index (χ0) is 27.2. The van der Waals surface area contributed by atoms with Crippen LogP contribution in [0.25, 0.3) is 10.8 Å². The van der Waals surface area contributed by atoms with Crippen molar-refractivity contribution in [2.75, 3.05) is 17.1 Å². The van der Waals surface area contributed by atoms with Crippen LogP contribution in [0.3, 0.4) is 0 Å². The third-order valence-electron chi connectivity index (χ3n) is 6.37. The van der Waals surface area contributed by atoms with E-state index in [0.29, 0.717) is 23.1 Å². The van der Waals surface area contributed by atoms with Crippen molar-refractivity contribution in [3.05, 3.63) is 78.1 Å². The molecule has 0 saturated heterocycles. The maximum atomic E-state index is 13.8. The minimum atomic E-state index is -3.86. The number of halogens is 1. The molecule has 0 fully saturated rings. The number of hydrogen-bond acceptors (Lipinski definition) is 4. The summed E-state index contributed by atoms with van der Waals surface area (Å²) in [5, 5.41) is 4.45. The molecular formula is C28H34FN3O4S. The molecule has 9 heteroatoms. The summed E-state index contributed by atoms with van der Waals surface area (Å²) < 4.78 is 40.4. The van der Waals surface area contributed by atoms with E-state index in [1.807, 2.05) is 32.0 Å². The number of amides is 2. The van der Waals surface area contributed by atoms with Crippen molar-refractivity contribution in [2.45, 2.75) is 52.2 Å². The molecule has 0 spiro atoms. The van der Waals surface area contributed by atoms with Crippen molar-refractivity contribution in [3.63, 3.8) is 0 Å². The van der Waals surface area contributed by atoms with Crippen LogP contribution < -0.4 is 9.62 Å². The average molecular weight is 528 g/mol. The number of carbonyl (C=O) groups is 2. The fourth-order valence-corrected chi connectivity index (χ4v) is 5.03. The largest absolute Gasteiger partial charge is 0.352 e. The van der Waals surface area contributed by atoms with Crippen molar-refractivity contribution in [1.29, 1.82) is 0 Å². The van der Waals surface area contributed by atoms with E-state index in [0.717, 1.165) is 22.4 Å². The lowest BCUT2D eigenvalue weighted by molar-refractivity contribution is -0.140. The van der Waals surface area contributed by atoms with Crippen molar-refractivity contribution in [1.82, 2.24) is 10.2 Å². The fourth-order valence-electron chi connectivity index (χ4n) is 4.17. The van der Waals surface area contributed by atoms with E-state index in [1.165, 1.54) is 17.0 Å². The predicted octanol–water partition coefficient (Wildman–Crippen LogP) is 4.47. The van der Waals surface area contributed by atoms with E-state index in [1.54, 1.807) is 43.3 Å². The van der Waals surface area contributed by atoms with Gasteiger partial charge in [0.15, 0.2) is 0 Å². The van der Waals surface area contributed by atoms with Gasteiger partial charge in [-0.3, -0.25) is 13.9 Å². The Morgan fingerprint density at radius 2 is 1.59 bits per heavy atom. The summed E-state index contributed by atoms with van der Waals surface area (Å²) in [6.45, 7) is 5.16. The quantitative estimate of drug-likeness (QED) is 0.399. The van der Waals surface area contributed by atoms with Gasteiger partial charge in [-0.05, 0) is 48.9 Å². The number of anilines is 1. The SMILES string of the molecule is CC[C@H](C)NC(=O)[C@H](CC)N(Cc1ccc(F)cc1)C(=O)CN(c1cccc2ccccc12)S(C)(=O)=O. The molecule has 3 rings (SSSR count). The molecule has 1 N–H and O–H groups in total. The minimum Gasteiger partial charge on any atom is -0.352 e. The van der Waals surface area contributed by atoms with Gasteiger partial charge >= 0.3 is 0 Å². The summed E-state index contributed by atoms with van der Waals surface area (Å²) in [5.74, 6) is -1.26. The highest BCUT2D eigenvalue weighted by molar-refractivity contribution is 7.92. The highest BCUT2D eigenvalue weighted by atomic mass is 32.2. The highest BCUT2D eigenvalue weighted by Gasteiger charge is 2.32. The van der Waals surface area contributed by atoms with Gasteiger partial charge in [0, 0.05) is 18.0 Å². The Hall–Kier alpha value is -3.46. The maximum Gasteiger partial charge on any atom is 0.244 e. The first-order chi connectivity index (χ1) is 17.5. The van der Waals surface area contributed by atoms with E-state index in [4.69, 9.17) is 0 Å². The molecule has 7 nitrogen and oxygen atoms in total. The van der Waals surface area contributed by atoms with Crippen LogP contribution in [0.4, 0.5) is 10.1 Å². The van der Waals surface area contributed by atoms with Gasteiger partial charge in [-0.2, -0.15) is 0 Å². The molecule has 0 aromatic heterocycles. The number of hydrogen-bond donors (Lipinski definition) is 1. The third-order valence-corrected chi connectivity index (χ3v) is 7.49. The zero-order valence-corrected chi connectivity index (χ0v) is 22.5. The van der Waals surface area contributed by atoms with Crippen LogP contribution in [0, 0.1) is 5.82 Å². The molecule has 0 aliphatic rings. The standard InChI is InChI=1S/C28H34FN3O4S/c1-5-20(3)30-28(34)25(6-2)31(18-21-14-16-23(29)17-15-21)27(33)19-32(37(4,35)36)26-13-9-11-22-10-7-8-12-24(22)26/h7-17,20,25H,5-6,18-19H2,1-4H3,(H,30,34)/t20-,25-/m0/s1. The summed E-state index contributed by atoms with van der Waals surface area (Å²) in [4.78, 5) is 28.4. The summed E-state index contributed by atoms with van der Waals surface area (Å²) >= 11 is 0. The molecule has 0 unspecified atom stereocenters. The van der Waals surface area contributed by atoms with Gasteiger partial charge in [-0.15, -0.1) is 0 Å². The second-order valence-electron chi connectivity index (χ2n) is 9.16. The molecule has 198 valence electrons. The van der Waals surface area contributed by atoms with Crippen LogP contribution in [-0.2, 0) is 26.2 Å². The number of nitrogens with one attached hydrogen (secondary N) is 1. The maximum absolute atomic E-state index is 13.8. The van der Waals surface area contributed by atoms with Crippen LogP contribution in [0.1, 0.15) is 39.2 Å². The average Bonchev–Trinajstić information content (AvgIpc) is 2.87. The van der Waals surface area contributed by atoms with Crippen LogP contribution in [0.15, 0.2) is 66.7 Å². The second kappa shape index (κ2) is 12.2. The monoisotopic (exact) mass is 527 g/mol. The van der Waals surface area contributed by atoms with E-state index in [2.05, 4.69) is 5.32 Å². The lowest BCUT2D eigenvalue weighted by Crippen LogP contribution is -2.53. The van der Waals surface area contributed by atoms with Crippen molar-refractivity contribution in [3.8, 4) is 0 Å². The summed E-state index contributed by atoms with van der Waals surface area (Å²) in [6.07, 6.45) is 2.10. The Bertz CT molecular complexity index is 1340. The van der Waals surface area contributed by atoms with Crippen LogP contribution in [0.2, 0.25) is 0 Å². The molecular weight excluding hydrogens is 493 g/mol. The smallest absolute Gasteiger partial charge is 0.244 e. The topological polar surface area (TPSA) is 86.8 Å². The summed E-state index contributed by atoms with van der Waals surface area (Å²) in [7, 11) is -3.86. The Morgan fingerprint density at radius 1 is 0.946 bits per heavy atom. The van der Waals surface area contributed by atoms with Gasteiger partial charge in [-0.25, -0.2) is 12.8 Å². The predicted molar refractivity (Wildman–Crippen MR) is 145 cm³/mol. The van der Waals surface area contributed by atoms with Crippen LogP contribution in [-0.4, -0.2) is 50.0 Å². The van der Waals surface area contributed by atoms with Crippen LogP contribution >= 0.6 is 0 Å². The lowest BCUT2D eigenvalue weighted by Gasteiger charge is -2.33. The Balaban J connectivity index is 2.01. The molecule has 37 heavy (non-hydrogen) atoms. The van der Waals surface area contributed by atoms with Gasteiger partial charge in [0.2, 0.25) is 21.8 Å². The first-order valence-electron chi connectivity index (χ1n) is 12.3. The van der Waals surface area contributed by atoms with Gasteiger partial charge in [0.25, 0.3) is 0 Å². The van der Waals surface area contributed by atoms with E-state index >= 15 is 0 Å². The number of nitrogens with zero attached hydrogens (tertiary/aromatic N) is 2. The second-order valence-corrected chi connectivity index (χ2v) is 11.1. The van der Waals surface area contributed by atoms with Gasteiger partial charge < -0.3 is 10.2 Å². The van der Waals surface area contributed by atoms with Gasteiger partial charge in [0.05, 0.1) is 11.9 Å². The van der Waals surface area contributed by atoms with Gasteiger partial charge in [-0.1, -0.05) is 62.4 Å². The molecule has 0 bridgehead atoms. The van der Waals surface area contributed by atoms with Crippen molar-refractivity contribution < 1.29 is 22.4 Å². The summed E-state index contributed by atoms with van der Waals surface area (Å²) in [5.41, 5.74) is 1.01. The zero-order valence-electron chi connectivity index (χ0n) is 21.6. The lowest BCUT2D eigenvalue weighted by atomic mass is 10.1. The molecule has 3 aromatic rings. The first kappa shape index (κ1) is 28.1. The third kappa shape index (κ3) is 7.07. The summed E-state index contributed by atoms with van der Waals surface area (Å²) in [6, 6.07) is 17.4. The van der Waals surface area contributed by atoms with Crippen LogP contribution in [0.5, 0.6) is 0 Å². The first-order valence-corrected chi connectivity index (χ1v) is 14.2. The highest BCUT2D eigenvalue weighted by Crippen LogP contribution is 2.29. The molecule has 2 atom stereocenters. The molecule has 0 saturated carbocycles. The number of benzene rings is 3. The molecule has 0 aliphatic heterocycles. The van der Waals surface area contributed by atoms with E-state index in [9.17, 15) is 22.4 Å². The van der Waals surface area contributed by atoms with Crippen molar-refractivity contribution >= 4 is 38.3 Å². The fraction of sp³-hybridized carbons (Fsp3) is 0.357. The van der Waals surface area contributed by atoms with Gasteiger partial charge in [0.1, 0.15) is 18.4 Å². The molecule has 0 heterocycles.